The van der Waals surface area contributed by atoms with Crippen LogP contribution in [0.25, 0.3) is 0 Å². The molecule has 0 radical (unpaired) electrons. The van der Waals surface area contributed by atoms with Crippen LogP contribution in [0.3, 0.4) is 0 Å². The van der Waals surface area contributed by atoms with Crippen LogP contribution in [0.1, 0.15) is 17.5 Å². The molecular weight excluding hydrogens is 360 g/mol. The SMILES string of the molecule is C=C1C[C@H](O)[C@@H](C(=O)Sc2ccc(C)cc2)O[C@H]1COCc1ccccc1. The summed E-state index contributed by atoms with van der Waals surface area (Å²) in [6, 6.07) is 17.6. The second-order valence-corrected chi connectivity index (χ2v) is 7.79. The highest BCUT2D eigenvalue weighted by Crippen LogP contribution is 2.30. The van der Waals surface area contributed by atoms with Crippen molar-refractivity contribution in [2.24, 2.45) is 0 Å². The van der Waals surface area contributed by atoms with Crippen molar-refractivity contribution < 1.29 is 19.4 Å². The Hall–Kier alpha value is -1.92. The van der Waals surface area contributed by atoms with Gasteiger partial charge in [0, 0.05) is 4.90 Å². The summed E-state index contributed by atoms with van der Waals surface area (Å²) in [6.45, 7) is 6.74. The fourth-order valence-corrected chi connectivity index (χ4v) is 3.71. The molecule has 2 aromatic rings. The lowest BCUT2D eigenvalue weighted by Gasteiger charge is -2.34. The molecule has 0 aliphatic carbocycles. The maximum atomic E-state index is 12.6. The van der Waals surface area contributed by atoms with E-state index in [-0.39, 0.29) is 5.12 Å². The number of aliphatic hydroxyl groups is 1. The van der Waals surface area contributed by atoms with Crippen LogP contribution >= 0.6 is 11.8 Å². The van der Waals surface area contributed by atoms with Gasteiger partial charge < -0.3 is 14.6 Å². The van der Waals surface area contributed by atoms with Gasteiger partial charge in [-0.1, -0.05) is 54.6 Å². The Morgan fingerprint density at radius 3 is 2.63 bits per heavy atom. The number of thioether (sulfide) groups is 1. The van der Waals surface area contributed by atoms with Gasteiger partial charge in [0.15, 0.2) is 6.10 Å². The van der Waals surface area contributed by atoms with Crippen molar-refractivity contribution >= 4 is 16.9 Å². The Kier molecular flexibility index (Phi) is 6.85. The largest absolute Gasteiger partial charge is 0.390 e. The lowest BCUT2D eigenvalue weighted by Crippen LogP contribution is -2.45. The Bertz CT molecular complexity index is 773. The van der Waals surface area contributed by atoms with Crippen LogP contribution in [0, 0.1) is 6.92 Å². The first-order valence-electron chi connectivity index (χ1n) is 8.94. The van der Waals surface area contributed by atoms with E-state index in [1.807, 2.05) is 61.5 Å². The molecule has 2 aromatic carbocycles. The maximum absolute atomic E-state index is 12.6. The summed E-state index contributed by atoms with van der Waals surface area (Å²) in [5.74, 6) is 0. The van der Waals surface area contributed by atoms with Gasteiger partial charge in [-0.05, 0) is 48.4 Å². The standard InChI is InChI=1S/C22H24O4S/c1-15-8-10-18(11-9-15)27-22(24)21-19(23)12-16(2)20(26-21)14-25-13-17-6-4-3-5-7-17/h3-11,19-21,23H,2,12-14H2,1H3/t19-,20-,21-/m0/s1. The zero-order chi connectivity index (χ0) is 19.2. The van der Waals surface area contributed by atoms with Crippen LogP contribution in [0.4, 0.5) is 0 Å². The molecule has 0 saturated carbocycles. The van der Waals surface area contributed by atoms with Crippen LogP contribution < -0.4 is 0 Å². The third-order valence-electron chi connectivity index (χ3n) is 4.44. The van der Waals surface area contributed by atoms with Crippen molar-refractivity contribution in [3.05, 3.63) is 77.9 Å². The summed E-state index contributed by atoms with van der Waals surface area (Å²) in [4.78, 5) is 13.5. The predicted molar refractivity (Wildman–Crippen MR) is 107 cm³/mol. The summed E-state index contributed by atoms with van der Waals surface area (Å²) in [5, 5.41) is 10.1. The number of ether oxygens (including phenoxy) is 2. The Morgan fingerprint density at radius 1 is 1.22 bits per heavy atom. The number of rotatable bonds is 6. The van der Waals surface area contributed by atoms with Crippen molar-refractivity contribution in [3.8, 4) is 0 Å². The van der Waals surface area contributed by atoms with Crippen molar-refractivity contribution in [2.45, 2.75) is 43.2 Å². The zero-order valence-corrected chi connectivity index (χ0v) is 16.2. The van der Waals surface area contributed by atoms with E-state index in [1.165, 1.54) is 0 Å². The zero-order valence-electron chi connectivity index (χ0n) is 15.3. The van der Waals surface area contributed by atoms with Gasteiger partial charge in [-0.25, -0.2) is 0 Å². The number of hydrogen-bond acceptors (Lipinski definition) is 5. The smallest absolute Gasteiger partial charge is 0.225 e. The number of carbonyl (C=O) groups is 1. The Balaban J connectivity index is 1.56. The van der Waals surface area contributed by atoms with Gasteiger partial charge >= 0.3 is 0 Å². The normalized spacial score (nSPS) is 22.6. The molecular formula is C22H24O4S. The molecule has 3 atom stereocenters. The maximum Gasteiger partial charge on any atom is 0.225 e. The van der Waals surface area contributed by atoms with E-state index in [0.717, 1.165) is 33.4 Å². The molecule has 1 aliphatic rings. The molecule has 0 aromatic heterocycles. The third-order valence-corrected chi connectivity index (χ3v) is 5.38. The van der Waals surface area contributed by atoms with Crippen LogP contribution in [-0.4, -0.2) is 35.1 Å². The van der Waals surface area contributed by atoms with Crippen LogP contribution in [0.2, 0.25) is 0 Å². The summed E-state index contributed by atoms with van der Waals surface area (Å²) < 4.78 is 11.6. The monoisotopic (exact) mass is 384 g/mol. The lowest BCUT2D eigenvalue weighted by atomic mass is 9.97. The first kappa shape index (κ1) is 19.8. The highest BCUT2D eigenvalue weighted by atomic mass is 32.2. The predicted octanol–water partition coefficient (Wildman–Crippen LogP) is 3.91. The van der Waals surface area contributed by atoms with Gasteiger partial charge in [-0.15, -0.1) is 0 Å². The van der Waals surface area contributed by atoms with E-state index in [9.17, 15) is 9.90 Å². The van der Waals surface area contributed by atoms with Gasteiger partial charge in [-0.2, -0.15) is 0 Å². The van der Waals surface area contributed by atoms with Crippen molar-refractivity contribution in [2.75, 3.05) is 6.61 Å². The minimum atomic E-state index is -0.882. The summed E-state index contributed by atoms with van der Waals surface area (Å²) >= 11 is 1.09. The molecule has 1 N–H and O–H groups in total. The quantitative estimate of drug-likeness (QED) is 0.605. The van der Waals surface area contributed by atoms with Crippen molar-refractivity contribution in [1.82, 2.24) is 0 Å². The van der Waals surface area contributed by atoms with E-state index in [2.05, 4.69) is 6.58 Å². The molecule has 142 valence electrons. The fourth-order valence-electron chi connectivity index (χ4n) is 2.88. The molecule has 0 bridgehead atoms. The number of hydrogen-bond donors (Lipinski definition) is 1. The van der Waals surface area contributed by atoms with E-state index >= 15 is 0 Å². The van der Waals surface area contributed by atoms with Gasteiger partial charge in [0.25, 0.3) is 0 Å². The molecule has 0 spiro atoms. The number of aryl methyl sites for hydroxylation is 1. The highest BCUT2D eigenvalue weighted by molar-refractivity contribution is 8.13. The van der Waals surface area contributed by atoms with Crippen LogP contribution in [-0.2, 0) is 20.9 Å². The van der Waals surface area contributed by atoms with Gasteiger partial charge in [0.1, 0.15) is 6.10 Å². The molecule has 0 unspecified atom stereocenters. The second-order valence-electron chi connectivity index (χ2n) is 6.71. The topological polar surface area (TPSA) is 55.8 Å². The van der Waals surface area contributed by atoms with E-state index < -0.39 is 18.3 Å². The van der Waals surface area contributed by atoms with Gasteiger partial charge in [0.2, 0.25) is 5.12 Å². The minimum Gasteiger partial charge on any atom is -0.390 e. The summed E-state index contributed by atoms with van der Waals surface area (Å²) in [7, 11) is 0. The number of benzene rings is 2. The fraction of sp³-hybridized carbons (Fsp3) is 0.318. The summed E-state index contributed by atoms with van der Waals surface area (Å²) in [5.41, 5.74) is 2.95. The molecule has 1 heterocycles. The Morgan fingerprint density at radius 2 is 1.93 bits per heavy atom. The molecule has 1 aliphatic heterocycles. The van der Waals surface area contributed by atoms with Gasteiger partial charge in [0.05, 0.1) is 19.3 Å². The highest BCUT2D eigenvalue weighted by Gasteiger charge is 2.37. The molecule has 27 heavy (non-hydrogen) atoms. The third kappa shape index (κ3) is 5.53. The van der Waals surface area contributed by atoms with E-state index in [1.54, 1.807) is 0 Å². The van der Waals surface area contributed by atoms with Crippen molar-refractivity contribution in [3.63, 3.8) is 0 Å². The Labute approximate surface area is 164 Å². The van der Waals surface area contributed by atoms with E-state index in [4.69, 9.17) is 9.47 Å². The van der Waals surface area contributed by atoms with Crippen LogP contribution in [0.15, 0.2) is 71.6 Å². The summed E-state index contributed by atoms with van der Waals surface area (Å²) in [6.07, 6.45) is -1.82. The number of carbonyl (C=O) groups excluding carboxylic acids is 1. The second kappa shape index (κ2) is 9.33. The molecule has 4 nitrogen and oxygen atoms in total. The molecule has 1 fully saturated rings. The van der Waals surface area contributed by atoms with Crippen LogP contribution in [0.5, 0.6) is 0 Å². The van der Waals surface area contributed by atoms with E-state index in [0.29, 0.717) is 19.6 Å². The molecule has 5 heteroatoms. The number of aliphatic hydroxyl groups excluding tert-OH is 1. The molecule has 1 saturated heterocycles. The first-order valence-corrected chi connectivity index (χ1v) is 9.76. The van der Waals surface area contributed by atoms with Crippen molar-refractivity contribution in [1.29, 1.82) is 0 Å². The minimum absolute atomic E-state index is 0.202. The van der Waals surface area contributed by atoms with Gasteiger partial charge in [-0.3, -0.25) is 4.79 Å². The molecule has 0 amide bonds. The molecule has 3 rings (SSSR count). The average molecular weight is 384 g/mol. The average Bonchev–Trinajstić information content (AvgIpc) is 2.66. The lowest BCUT2D eigenvalue weighted by molar-refractivity contribution is -0.144. The first-order chi connectivity index (χ1) is 13.0.